The van der Waals surface area contributed by atoms with Crippen molar-refractivity contribution in [1.29, 1.82) is 0 Å². The van der Waals surface area contributed by atoms with Crippen LogP contribution >= 0.6 is 0 Å². The van der Waals surface area contributed by atoms with Crippen molar-refractivity contribution in [3.05, 3.63) is 65.2 Å². The summed E-state index contributed by atoms with van der Waals surface area (Å²) >= 11 is 0. The van der Waals surface area contributed by atoms with Gasteiger partial charge in [-0.15, -0.1) is 0 Å². The van der Waals surface area contributed by atoms with Crippen LogP contribution in [-0.2, 0) is 13.1 Å². The fourth-order valence-electron chi connectivity index (χ4n) is 2.16. The molecule has 2 rings (SSSR count). The van der Waals surface area contributed by atoms with Crippen LogP contribution in [0.1, 0.15) is 18.1 Å². The second-order valence-corrected chi connectivity index (χ2v) is 4.58. The Morgan fingerprint density at radius 3 is 2.25 bits per heavy atom. The molecular weight excluding hydrogens is 258 g/mol. The molecule has 2 aromatic carbocycles. The minimum Gasteiger partial charge on any atom is -0.367 e. The predicted octanol–water partition coefficient (Wildman–Crippen LogP) is 3.45. The highest BCUT2D eigenvalue weighted by Gasteiger charge is 2.11. The molecule has 0 saturated carbocycles. The van der Waals surface area contributed by atoms with E-state index in [4.69, 9.17) is 5.73 Å². The summed E-state index contributed by atoms with van der Waals surface area (Å²) in [6.07, 6.45) is 0. The van der Waals surface area contributed by atoms with Gasteiger partial charge in [0.25, 0.3) is 0 Å². The standard InChI is InChI=1S/C16H18F2N2/c1-2-20(15-8-6-14(17)7-9-15)11-13-5-3-4-12(10-19)16(13)18/h3-9H,2,10-11,19H2,1H3. The summed E-state index contributed by atoms with van der Waals surface area (Å²) in [5.74, 6) is -0.531. The molecule has 0 spiro atoms. The van der Waals surface area contributed by atoms with E-state index in [1.54, 1.807) is 30.3 Å². The lowest BCUT2D eigenvalue weighted by Gasteiger charge is -2.24. The third-order valence-corrected chi connectivity index (χ3v) is 3.31. The highest BCUT2D eigenvalue weighted by Crippen LogP contribution is 2.20. The molecule has 0 unspecified atom stereocenters. The first-order valence-electron chi connectivity index (χ1n) is 6.62. The second kappa shape index (κ2) is 6.48. The first-order valence-corrected chi connectivity index (χ1v) is 6.62. The lowest BCUT2D eigenvalue weighted by atomic mass is 10.1. The lowest BCUT2D eigenvalue weighted by molar-refractivity contribution is 0.589. The van der Waals surface area contributed by atoms with E-state index in [2.05, 4.69) is 0 Å². The molecular formula is C16H18F2N2. The van der Waals surface area contributed by atoms with Gasteiger partial charge in [-0.25, -0.2) is 8.78 Å². The number of halogens is 2. The summed E-state index contributed by atoms with van der Waals surface area (Å²) in [4.78, 5) is 1.98. The van der Waals surface area contributed by atoms with Crippen molar-refractivity contribution in [1.82, 2.24) is 0 Å². The Morgan fingerprint density at radius 1 is 1.00 bits per heavy atom. The first kappa shape index (κ1) is 14.5. The molecule has 0 amide bonds. The number of anilines is 1. The van der Waals surface area contributed by atoms with Gasteiger partial charge in [0.1, 0.15) is 11.6 Å². The Kier molecular flexibility index (Phi) is 4.69. The number of benzene rings is 2. The second-order valence-electron chi connectivity index (χ2n) is 4.58. The zero-order valence-electron chi connectivity index (χ0n) is 11.4. The molecule has 20 heavy (non-hydrogen) atoms. The maximum atomic E-state index is 14.2. The van der Waals surface area contributed by atoms with Crippen LogP contribution in [0, 0.1) is 11.6 Å². The number of rotatable bonds is 5. The Hall–Kier alpha value is -1.94. The van der Waals surface area contributed by atoms with Gasteiger partial charge in [0.05, 0.1) is 0 Å². The Balaban J connectivity index is 2.24. The molecule has 0 aliphatic heterocycles. The Bertz CT molecular complexity index is 567. The highest BCUT2D eigenvalue weighted by molar-refractivity contribution is 5.47. The smallest absolute Gasteiger partial charge is 0.132 e. The van der Waals surface area contributed by atoms with Gasteiger partial charge in [0.15, 0.2) is 0 Å². The van der Waals surface area contributed by atoms with Crippen molar-refractivity contribution in [2.45, 2.75) is 20.0 Å². The number of hydrogen-bond acceptors (Lipinski definition) is 2. The van der Waals surface area contributed by atoms with Gasteiger partial charge in [-0.1, -0.05) is 18.2 Å². The summed E-state index contributed by atoms with van der Waals surface area (Å²) in [6, 6.07) is 11.5. The summed E-state index contributed by atoms with van der Waals surface area (Å²) in [5.41, 5.74) is 7.49. The van der Waals surface area contributed by atoms with E-state index < -0.39 is 0 Å². The van der Waals surface area contributed by atoms with Crippen LogP contribution in [0.25, 0.3) is 0 Å². The van der Waals surface area contributed by atoms with Crippen LogP contribution in [0.4, 0.5) is 14.5 Å². The van der Waals surface area contributed by atoms with Crippen molar-refractivity contribution in [2.75, 3.05) is 11.4 Å². The molecule has 0 bridgehead atoms. The summed E-state index contributed by atoms with van der Waals surface area (Å²) < 4.78 is 27.1. The quantitative estimate of drug-likeness (QED) is 0.906. The van der Waals surface area contributed by atoms with Gasteiger partial charge >= 0.3 is 0 Å². The average Bonchev–Trinajstić information content (AvgIpc) is 2.47. The molecule has 2 N–H and O–H groups in total. The largest absolute Gasteiger partial charge is 0.367 e. The van der Waals surface area contributed by atoms with E-state index in [0.717, 1.165) is 5.69 Å². The first-order chi connectivity index (χ1) is 9.65. The molecule has 0 fully saturated rings. The summed E-state index contributed by atoms with van der Waals surface area (Å²) in [5, 5.41) is 0. The van der Waals surface area contributed by atoms with Gasteiger partial charge in [-0.05, 0) is 31.2 Å². The SMILES string of the molecule is CCN(Cc1cccc(CN)c1F)c1ccc(F)cc1. The minimum absolute atomic E-state index is 0.183. The molecule has 0 atom stereocenters. The van der Waals surface area contributed by atoms with Crippen LogP contribution in [0.3, 0.4) is 0 Å². The van der Waals surface area contributed by atoms with Crippen LogP contribution in [-0.4, -0.2) is 6.54 Å². The van der Waals surface area contributed by atoms with Gasteiger partial charge in [-0.3, -0.25) is 0 Å². The predicted molar refractivity (Wildman–Crippen MR) is 77.4 cm³/mol. The number of nitrogens with zero attached hydrogens (tertiary/aromatic N) is 1. The van der Waals surface area contributed by atoms with Crippen molar-refractivity contribution < 1.29 is 8.78 Å². The van der Waals surface area contributed by atoms with E-state index in [-0.39, 0.29) is 18.2 Å². The Morgan fingerprint density at radius 2 is 1.65 bits per heavy atom. The van der Waals surface area contributed by atoms with Gasteiger partial charge in [0, 0.05) is 36.4 Å². The van der Waals surface area contributed by atoms with Crippen LogP contribution in [0.15, 0.2) is 42.5 Å². The molecule has 106 valence electrons. The number of hydrogen-bond donors (Lipinski definition) is 1. The van der Waals surface area contributed by atoms with Crippen LogP contribution < -0.4 is 10.6 Å². The molecule has 0 heterocycles. The summed E-state index contributed by atoms with van der Waals surface area (Å²) in [7, 11) is 0. The normalized spacial score (nSPS) is 10.6. The maximum absolute atomic E-state index is 14.2. The molecule has 2 aromatic rings. The topological polar surface area (TPSA) is 29.3 Å². The fourth-order valence-corrected chi connectivity index (χ4v) is 2.16. The van der Waals surface area contributed by atoms with E-state index in [9.17, 15) is 8.78 Å². The zero-order chi connectivity index (χ0) is 14.5. The van der Waals surface area contributed by atoms with E-state index >= 15 is 0 Å². The monoisotopic (exact) mass is 276 g/mol. The molecule has 2 nitrogen and oxygen atoms in total. The lowest BCUT2D eigenvalue weighted by Crippen LogP contribution is -2.23. The van der Waals surface area contributed by atoms with Gasteiger partial charge < -0.3 is 10.6 Å². The number of nitrogens with two attached hydrogens (primary N) is 1. The molecule has 0 radical (unpaired) electrons. The molecule has 0 aliphatic carbocycles. The van der Waals surface area contributed by atoms with Crippen molar-refractivity contribution >= 4 is 5.69 Å². The zero-order valence-corrected chi connectivity index (χ0v) is 11.4. The van der Waals surface area contributed by atoms with Gasteiger partial charge in [-0.2, -0.15) is 0 Å². The van der Waals surface area contributed by atoms with Gasteiger partial charge in [0.2, 0.25) is 0 Å². The molecule has 0 aliphatic rings. The van der Waals surface area contributed by atoms with Crippen molar-refractivity contribution in [2.24, 2.45) is 5.73 Å². The molecule has 0 saturated heterocycles. The van der Waals surface area contributed by atoms with Crippen LogP contribution in [0.2, 0.25) is 0 Å². The third kappa shape index (κ3) is 3.14. The summed E-state index contributed by atoms with van der Waals surface area (Å²) in [6.45, 7) is 3.30. The minimum atomic E-state index is -0.277. The third-order valence-electron chi connectivity index (χ3n) is 3.31. The fraction of sp³-hybridized carbons (Fsp3) is 0.250. The molecule has 0 aromatic heterocycles. The highest BCUT2D eigenvalue weighted by atomic mass is 19.1. The van der Waals surface area contributed by atoms with Crippen molar-refractivity contribution in [3.8, 4) is 0 Å². The van der Waals surface area contributed by atoms with E-state index in [1.807, 2.05) is 11.8 Å². The van der Waals surface area contributed by atoms with E-state index in [1.165, 1.54) is 12.1 Å². The average molecular weight is 276 g/mol. The van der Waals surface area contributed by atoms with Crippen LogP contribution in [0.5, 0.6) is 0 Å². The Labute approximate surface area is 117 Å². The van der Waals surface area contributed by atoms with Crippen molar-refractivity contribution in [3.63, 3.8) is 0 Å². The van der Waals surface area contributed by atoms with E-state index in [0.29, 0.717) is 24.2 Å². The maximum Gasteiger partial charge on any atom is 0.132 e. The molecule has 4 heteroatoms.